The van der Waals surface area contributed by atoms with E-state index in [1.54, 1.807) is 12.1 Å². The first-order valence-corrected chi connectivity index (χ1v) is 6.94. The molecule has 3 N–H and O–H groups in total. The van der Waals surface area contributed by atoms with Crippen molar-refractivity contribution < 1.29 is 4.79 Å². The summed E-state index contributed by atoms with van der Waals surface area (Å²) in [5, 5.41) is 3.49. The number of nitrogens with two attached hydrogens (primary N) is 1. The van der Waals surface area contributed by atoms with E-state index in [2.05, 4.69) is 35.6 Å². The highest BCUT2D eigenvalue weighted by Crippen LogP contribution is 2.38. The van der Waals surface area contributed by atoms with Crippen LogP contribution in [-0.4, -0.2) is 11.9 Å². The lowest BCUT2D eigenvalue weighted by molar-refractivity contribution is 0.100. The molecule has 0 aromatic heterocycles. The first-order valence-electron chi connectivity index (χ1n) is 6.94. The van der Waals surface area contributed by atoms with Gasteiger partial charge in [-0.15, -0.1) is 0 Å². The highest BCUT2D eigenvalue weighted by atomic mass is 16.1. The molecule has 0 heterocycles. The van der Waals surface area contributed by atoms with E-state index in [4.69, 9.17) is 5.73 Å². The topological polar surface area (TPSA) is 55.1 Å². The van der Waals surface area contributed by atoms with Gasteiger partial charge in [0.25, 0.3) is 0 Å². The Bertz CT molecular complexity index is 586. The van der Waals surface area contributed by atoms with E-state index in [-0.39, 0.29) is 5.91 Å². The van der Waals surface area contributed by atoms with Crippen molar-refractivity contribution >= 4 is 11.6 Å². The maximum atomic E-state index is 11.0. The largest absolute Gasteiger partial charge is 0.382 e. The number of nitrogens with one attached hydrogen (secondary N) is 1. The smallest absolute Gasteiger partial charge is 0.248 e. The van der Waals surface area contributed by atoms with E-state index in [9.17, 15) is 4.79 Å². The van der Waals surface area contributed by atoms with Crippen LogP contribution in [0.25, 0.3) is 0 Å². The second kappa shape index (κ2) is 5.37. The summed E-state index contributed by atoms with van der Waals surface area (Å²) in [6.45, 7) is 0. The standard InChI is InChI=1S/C17H18N2O/c18-17(20)13-6-8-15(9-7-13)19-16-10-14(11-16)12-4-2-1-3-5-12/h1-9,14,16,19H,10-11H2,(H2,18,20). The van der Waals surface area contributed by atoms with Crippen LogP contribution >= 0.6 is 0 Å². The minimum Gasteiger partial charge on any atom is -0.382 e. The van der Waals surface area contributed by atoms with Gasteiger partial charge >= 0.3 is 0 Å². The summed E-state index contributed by atoms with van der Waals surface area (Å²) in [6.07, 6.45) is 2.31. The molecule has 0 aliphatic heterocycles. The molecule has 20 heavy (non-hydrogen) atoms. The zero-order valence-electron chi connectivity index (χ0n) is 11.3. The third-order valence-electron chi connectivity index (χ3n) is 3.95. The molecule has 0 unspecified atom stereocenters. The van der Waals surface area contributed by atoms with Crippen LogP contribution < -0.4 is 11.1 Å². The Kier molecular flexibility index (Phi) is 3.42. The third kappa shape index (κ3) is 2.67. The Hall–Kier alpha value is -2.29. The Morgan fingerprint density at radius 2 is 1.65 bits per heavy atom. The fourth-order valence-corrected chi connectivity index (χ4v) is 2.70. The molecule has 3 rings (SSSR count). The zero-order valence-corrected chi connectivity index (χ0v) is 11.3. The lowest BCUT2D eigenvalue weighted by Gasteiger charge is -2.37. The molecular weight excluding hydrogens is 248 g/mol. The number of rotatable bonds is 4. The Morgan fingerprint density at radius 3 is 2.25 bits per heavy atom. The molecular formula is C17H18N2O. The van der Waals surface area contributed by atoms with E-state index in [1.165, 1.54) is 5.56 Å². The molecule has 3 heteroatoms. The van der Waals surface area contributed by atoms with Crippen molar-refractivity contribution in [3.63, 3.8) is 0 Å². The summed E-state index contributed by atoms with van der Waals surface area (Å²) in [5.74, 6) is 0.280. The molecule has 2 aromatic rings. The van der Waals surface area contributed by atoms with Crippen LogP contribution in [0.1, 0.15) is 34.7 Å². The van der Waals surface area contributed by atoms with Gasteiger partial charge in [-0.2, -0.15) is 0 Å². The van der Waals surface area contributed by atoms with E-state index in [1.807, 2.05) is 12.1 Å². The summed E-state index contributed by atoms with van der Waals surface area (Å²) in [7, 11) is 0. The zero-order chi connectivity index (χ0) is 13.9. The summed E-state index contributed by atoms with van der Waals surface area (Å²) in [5.41, 5.74) is 8.25. The van der Waals surface area contributed by atoms with E-state index >= 15 is 0 Å². The fraction of sp³-hybridized carbons (Fsp3) is 0.235. The van der Waals surface area contributed by atoms with Crippen LogP contribution in [0.4, 0.5) is 5.69 Å². The third-order valence-corrected chi connectivity index (χ3v) is 3.95. The maximum absolute atomic E-state index is 11.0. The van der Waals surface area contributed by atoms with Crippen LogP contribution in [0.2, 0.25) is 0 Å². The second-order valence-electron chi connectivity index (χ2n) is 5.36. The minimum absolute atomic E-state index is 0.385. The van der Waals surface area contributed by atoms with Crippen molar-refractivity contribution in [2.24, 2.45) is 5.73 Å². The van der Waals surface area contributed by atoms with E-state index in [0.29, 0.717) is 17.5 Å². The van der Waals surface area contributed by atoms with Crippen molar-refractivity contribution in [3.8, 4) is 0 Å². The Labute approximate surface area is 118 Å². The van der Waals surface area contributed by atoms with Gasteiger partial charge in [0.2, 0.25) is 5.91 Å². The van der Waals surface area contributed by atoms with Gasteiger partial charge < -0.3 is 11.1 Å². The number of carbonyl (C=O) groups is 1. The van der Waals surface area contributed by atoms with Gasteiger partial charge in [-0.1, -0.05) is 30.3 Å². The Balaban J connectivity index is 1.55. The number of hydrogen-bond acceptors (Lipinski definition) is 2. The average molecular weight is 266 g/mol. The highest BCUT2D eigenvalue weighted by molar-refractivity contribution is 5.93. The van der Waals surface area contributed by atoms with Crippen molar-refractivity contribution in [2.45, 2.75) is 24.8 Å². The second-order valence-corrected chi connectivity index (χ2v) is 5.36. The molecule has 102 valence electrons. The highest BCUT2D eigenvalue weighted by Gasteiger charge is 2.29. The van der Waals surface area contributed by atoms with Crippen LogP contribution in [0.15, 0.2) is 54.6 Å². The summed E-state index contributed by atoms with van der Waals surface area (Å²) >= 11 is 0. The molecule has 1 fully saturated rings. The predicted octanol–water partition coefficient (Wildman–Crippen LogP) is 3.14. The molecule has 0 radical (unpaired) electrons. The average Bonchev–Trinajstić information content (AvgIpc) is 2.44. The quantitative estimate of drug-likeness (QED) is 0.893. The summed E-state index contributed by atoms with van der Waals surface area (Å²) in [6, 6.07) is 18.5. The summed E-state index contributed by atoms with van der Waals surface area (Å²) in [4.78, 5) is 11.0. The molecule has 0 bridgehead atoms. The molecule has 0 saturated heterocycles. The van der Waals surface area contributed by atoms with Crippen LogP contribution in [0.5, 0.6) is 0 Å². The number of benzene rings is 2. The first-order chi connectivity index (χ1) is 9.72. The van der Waals surface area contributed by atoms with Crippen LogP contribution in [0.3, 0.4) is 0 Å². The van der Waals surface area contributed by atoms with Crippen molar-refractivity contribution in [1.82, 2.24) is 0 Å². The van der Waals surface area contributed by atoms with Gasteiger partial charge in [0, 0.05) is 17.3 Å². The maximum Gasteiger partial charge on any atom is 0.248 e. The molecule has 3 nitrogen and oxygen atoms in total. The van der Waals surface area contributed by atoms with Gasteiger partial charge in [-0.05, 0) is 48.6 Å². The number of amides is 1. The first kappa shape index (κ1) is 12.7. The molecule has 2 aromatic carbocycles. The normalized spacial score (nSPS) is 21.0. The molecule has 0 atom stereocenters. The summed E-state index contributed by atoms with van der Waals surface area (Å²) < 4.78 is 0. The number of hydrogen-bond donors (Lipinski definition) is 2. The fourth-order valence-electron chi connectivity index (χ4n) is 2.70. The molecule has 1 aliphatic carbocycles. The van der Waals surface area contributed by atoms with E-state index in [0.717, 1.165) is 18.5 Å². The molecule has 1 amide bonds. The van der Waals surface area contributed by atoms with Gasteiger partial charge in [0.15, 0.2) is 0 Å². The van der Waals surface area contributed by atoms with Gasteiger partial charge in [0.05, 0.1) is 0 Å². The lowest BCUT2D eigenvalue weighted by Crippen LogP contribution is -2.33. The molecule has 1 aliphatic rings. The van der Waals surface area contributed by atoms with Crippen molar-refractivity contribution in [3.05, 3.63) is 65.7 Å². The van der Waals surface area contributed by atoms with Crippen molar-refractivity contribution in [2.75, 3.05) is 5.32 Å². The monoisotopic (exact) mass is 266 g/mol. The number of primary amides is 1. The van der Waals surface area contributed by atoms with Gasteiger partial charge in [-0.25, -0.2) is 0 Å². The molecule has 1 saturated carbocycles. The number of carbonyl (C=O) groups excluding carboxylic acids is 1. The number of anilines is 1. The Morgan fingerprint density at radius 1 is 1.00 bits per heavy atom. The van der Waals surface area contributed by atoms with Crippen LogP contribution in [-0.2, 0) is 0 Å². The predicted molar refractivity (Wildman–Crippen MR) is 80.8 cm³/mol. The van der Waals surface area contributed by atoms with Crippen molar-refractivity contribution in [1.29, 1.82) is 0 Å². The van der Waals surface area contributed by atoms with E-state index < -0.39 is 0 Å². The van der Waals surface area contributed by atoms with Crippen LogP contribution in [0, 0.1) is 0 Å². The SMILES string of the molecule is NC(=O)c1ccc(NC2CC(c3ccccc3)C2)cc1. The molecule has 0 spiro atoms. The van der Waals surface area contributed by atoms with Gasteiger partial charge in [-0.3, -0.25) is 4.79 Å². The lowest BCUT2D eigenvalue weighted by atomic mass is 9.76. The minimum atomic E-state index is -0.385. The van der Waals surface area contributed by atoms with Gasteiger partial charge in [0.1, 0.15) is 0 Å².